The predicted octanol–water partition coefficient (Wildman–Crippen LogP) is 4.29. The van der Waals surface area contributed by atoms with Crippen LogP contribution in [-0.2, 0) is 13.1 Å². The third-order valence-corrected chi connectivity index (χ3v) is 4.50. The number of aromatic nitrogens is 2. The lowest BCUT2D eigenvalue weighted by atomic mass is 10.2. The molecule has 3 aromatic carbocycles. The molecule has 0 unspecified atom stereocenters. The lowest BCUT2D eigenvalue weighted by Gasteiger charge is -2.11. The van der Waals surface area contributed by atoms with Crippen LogP contribution in [0.1, 0.15) is 21.7 Å². The molecule has 4 rings (SSSR count). The molecule has 0 bridgehead atoms. The molecule has 0 fully saturated rings. The quantitative estimate of drug-likeness (QED) is 0.564. The number of benzene rings is 3. The Labute approximate surface area is 160 Å². The van der Waals surface area contributed by atoms with Crippen LogP contribution in [0, 0.1) is 11.6 Å². The normalized spacial score (nSPS) is 10.9. The molecule has 1 amide bonds. The van der Waals surface area contributed by atoms with E-state index < -0.39 is 5.82 Å². The zero-order chi connectivity index (χ0) is 19.5. The summed E-state index contributed by atoms with van der Waals surface area (Å²) in [4.78, 5) is 17.0. The van der Waals surface area contributed by atoms with Crippen molar-refractivity contribution >= 4 is 16.9 Å². The molecule has 1 N–H and O–H groups in total. The first-order valence-corrected chi connectivity index (χ1v) is 8.82. The fourth-order valence-electron chi connectivity index (χ4n) is 3.07. The van der Waals surface area contributed by atoms with Crippen LogP contribution in [0.25, 0.3) is 11.0 Å². The highest BCUT2D eigenvalue weighted by Crippen LogP contribution is 2.18. The van der Waals surface area contributed by atoms with E-state index in [0.29, 0.717) is 17.9 Å². The number of fused-ring (bicyclic) bond motifs is 1. The Balaban J connectivity index is 1.60. The fraction of sp³-hybridized carbons (Fsp3) is 0.0909. The molecule has 1 heterocycles. The van der Waals surface area contributed by atoms with E-state index in [9.17, 15) is 13.6 Å². The van der Waals surface area contributed by atoms with Crippen molar-refractivity contribution in [2.24, 2.45) is 0 Å². The molecule has 28 heavy (non-hydrogen) atoms. The van der Waals surface area contributed by atoms with Crippen molar-refractivity contribution in [3.05, 3.63) is 101 Å². The lowest BCUT2D eigenvalue weighted by molar-refractivity contribution is 0.0949. The second-order valence-corrected chi connectivity index (χ2v) is 6.42. The van der Waals surface area contributed by atoms with E-state index in [0.717, 1.165) is 16.6 Å². The zero-order valence-electron chi connectivity index (χ0n) is 14.9. The fourth-order valence-corrected chi connectivity index (χ4v) is 3.07. The predicted molar refractivity (Wildman–Crippen MR) is 103 cm³/mol. The Kier molecular flexibility index (Phi) is 4.85. The SMILES string of the molecule is O=C(NCc1nc2ccccc2n1Cc1ccc(F)cc1)c1ccc(F)cc1. The van der Waals surface area contributed by atoms with Gasteiger partial charge < -0.3 is 9.88 Å². The molecule has 4 aromatic rings. The molecule has 140 valence electrons. The summed E-state index contributed by atoms with van der Waals surface area (Å²) >= 11 is 0. The first kappa shape index (κ1) is 17.9. The van der Waals surface area contributed by atoms with Gasteiger partial charge >= 0.3 is 0 Å². The van der Waals surface area contributed by atoms with Crippen LogP contribution in [0.4, 0.5) is 8.78 Å². The van der Waals surface area contributed by atoms with E-state index in [-0.39, 0.29) is 18.3 Å². The minimum atomic E-state index is -0.391. The third kappa shape index (κ3) is 3.76. The largest absolute Gasteiger partial charge is 0.345 e. The number of imidazole rings is 1. The van der Waals surface area contributed by atoms with Gasteiger partial charge in [-0.15, -0.1) is 0 Å². The number of nitrogens with zero attached hydrogens (tertiary/aromatic N) is 2. The van der Waals surface area contributed by atoms with Gasteiger partial charge in [0.05, 0.1) is 17.6 Å². The molecule has 0 spiro atoms. The van der Waals surface area contributed by atoms with Crippen LogP contribution in [0.15, 0.2) is 72.8 Å². The second-order valence-electron chi connectivity index (χ2n) is 6.42. The molecule has 0 saturated heterocycles. The minimum Gasteiger partial charge on any atom is -0.345 e. The molecule has 0 radical (unpaired) electrons. The van der Waals surface area contributed by atoms with Crippen molar-refractivity contribution in [3.63, 3.8) is 0 Å². The molecule has 1 aromatic heterocycles. The molecule has 0 saturated carbocycles. The molecular formula is C22H17F2N3O. The summed E-state index contributed by atoms with van der Waals surface area (Å²) in [6, 6.07) is 19.4. The van der Waals surface area contributed by atoms with E-state index >= 15 is 0 Å². The molecular weight excluding hydrogens is 360 g/mol. The van der Waals surface area contributed by atoms with Gasteiger partial charge in [0, 0.05) is 12.1 Å². The second kappa shape index (κ2) is 7.60. The van der Waals surface area contributed by atoms with Crippen LogP contribution in [0.2, 0.25) is 0 Å². The number of amides is 1. The van der Waals surface area contributed by atoms with Crippen molar-refractivity contribution in [2.45, 2.75) is 13.1 Å². The van der Waals surface area contributed by atoms with Crippen LogP contribution >= 0.6 is 0 Å². The highest BCUT2D eigenvalue weighted by molar-refractivity contribution is 5.94. The summed E-state index contributed by atoms with van der Waals surface area (Å²) < 4.78 is 28.2. The number of halogens is 2. The Morgan fingerprint density at radius 1 is 0.893 bits per heavy atom. The number of carbonyl (C=O) groups excluding carboxylic acids is 1. The number of hydrogen-bond acceptors (Lipinski definition) is 2. The van der Waals surface area contributed by atoms with Gasteiger partial charge in [0.2, 0.25) is 0 Å². The van der Waals surface area contributed by atoms with Crippen molar-refractivity contribution in [3.8, 4) is 0 Å². The highest BCUT2D eigenvalue weighted by atomic mass is 19.1. The van der Waals surface area contributed by atoms with Crippen LogP contribution in [0.3, 0.4) is 0 Å². The number of hydrogen-bond donors (Lipinski definition) is 1. The van der Waals surface area contributed by atoms with Crippen molar-refractivity contribution < 1.29 is 13.6 Å². The molecule has 0 atom stereocenters. The molecule has 0 aliphatic rings. The zero-order valence-corrected chi connectivity index (χ0v) is 14.9. The number of nitrogens with one attached hydrogen (secondary N) is 1. The Morgan fingerprint density at radius 3 is 2.25 bits per heavy atom. The van der Waals surface area contributed by atoms with E-state index in [1.807, 2.05) is 28.8 Å². The van der Waals surface area contributed by atoms with Gasteiger partial charge in [-0.2, -0.15) is 0 Å². The minimum absolute atomic E-state index is 0.214. The standard InChI is InChI=1S/C22H17F2N3O/c23-17-9-5-15(6-10-17)14-27-20-4-2-1-3-19(20)26-21(27)13-25-22(28)16-7-11-18(24)12-8-16/h1-12H,13-14H2,(H,25,28). The van der Waals surface area contributed by atoms with Gasteiger partial charge in [-0.05, 0) is 54.1 Å². The third-order valence-electron chi connectivity index (χ3n) is 4.50. The highest BCUT2D eigenvalue weighted by Gasteiger charge is 2.13. The number of carbonyl (C=O) groups is 1. The van der Waals surface area contributed by atoms with Gasteiger partial charge in [0.25, 0.3) is 5.91 Å². The summed E-state index contributed by atoms with van der Waals surface area (Å²) in [6.45, 7) is 0.717. The molecule has 0 aliphatic heterocycles. The van der Waals surface area contributed by atoms with Crippen LogP contribution in [0.5, 0.6) is 0 Å². The smallest absolute Gasteiger partial charge is 0.251 e. The number of para-hydroxylation sites is 2. The van der Waals surface area contributed by atoms with Gasteiger partial charge in [0.1, 0.15) is 17.5 Å². The summed E-state index contributed by atoms with van der Waals surface area (Å²) in [5, 5.41) is 2.83. The van der Waals surface area contributed by atoms with E-state index in [1.165, 1.54) is 36.4 Å². The first-order valence-electron chi connectivity index (χ1n) is 8.82. The van der Waals surface area contributed by atoms with Gasteiger partial charge in [-0.25, -0.2) is 13.8 Å². The Hall–Kier alpha value is -3.54. The van der Waals surface area contributed by atoms with E-state index in [2.05, 4.69) is 10.3 Å². The average Bonchev–Trinajstić information content (AvgIpc) is 3.06. The van der Waals surface area contributed by atoms with E-state index in [1.54, 1.807) is 12.1 Å². The Morgan fingerprint density at radius 2 is 1.54 bits per heavy atom. The number of rotatable bonds is 5. The van der Waals surface area contributed by atoms with Gasteiger partial charge in [-0.3, -0.25) is 4.79 Å². The first-order chi connectivity index (χ1) is 13.6. The molecule has 0 aliphatic carbocycles. The summed E-state index contributed by atoms with van der Waals surface area (Å²) in [6.07, 6.45) is 0. The molecule has 6 heteroatoms. The summed E-state index contributed by atoms with van der Waals surface area (Å²) in [7, 11) is 0. The summed E-state index contributed by atoms with van der Waals surface area (Å²) in [5.74, 6) is -0.301. The maximum atomic E-state index is 13.2. The van der Waals surface area contributed by atoms with Crippen LogP contribution in [-0.4, -0.2) is 15.5 Å². The van der Waals surface area contributed by atoms with E-state index in [4.69, 9.17) is 0 Å². The monoisotopic (exact) mass is 377 g/mol. The van der Waals surface area contributed by atoms with Crippen LogP contribution < -0.4 is 5.32 Å². The lowest BCUT2D eigenvalue weighted by Crippen LogP contribution is -2.24. The summed E-state index contributed by atoms with van der Waals surface area (Å²) in [5.41, 5.74) is 3.05. The van der Waals surface area contributed by atoms with Gasteiger partial charge in [-0.1, -0.05) is 24.3 Å². The average molecular weight is 377 g/mol. The maximum Gasteiger partial charge on any atom is 0.251 e. The van der Waals surface area contributed by atoms with Crippen molar-refractivity contribution in [2.75, 3.05) is 0 Å². The van der Waals surface area contributed by atoms with Crippen molar-refractivity contribution in [1.82, 2.24) is 14.9 Å². The topological polar surface area (TPSA) is 46.9 Å². The Bertz CT molecular complexity index is 1120. The maximum absolute atomic E-state index is 13.2. The van der Waals surface area contributed by atoms with Crippen molar-refractivity contribution in [1.29, 1.82) is 0 Å². The van der Waals surface area contributed by atoms with Gasteiger partial charge in [0.15, 0.2) is 0 Å². The molecule has 4 nitrogen and oxygen atoms in total.